The van der Waals surface area contributed by atoms with Gasteiger partial charge in [-0.15, -0.1) is 0 Å². The lowest BCUT2D eigenvalue weighted by Crippen LogP contribution is -2.46. The van der Waals surface area contributed by atoms with Gasteiger partial charge in [0.15, 0.2) is 0 Å². The highest BCUT2D eigenvalue weighted by molar-refractivity contribution is 6.44. The zero-order valence-corrected chi connectivity index (χ0v) is 19.5. The molecule has 3 atom stereocenters. The molecule has 7 heteroatoms. The van der Waals surface area contributed by atoms with E-state index in [2.05, 4.69) is 22.0 Å². The molecule has 0 radical (unpaired) electrons. The standard InChI is InChI=1S/C25H29Cl2N3O2/c26-19-9-4-10-21(22(19)27)30-25(31)28-16-11-12-20-18(14-16)24-17(8-5-13-32-24)23(29-20)15-6-2-1-3-7-15/h4,9-12,14-15,17,23-24,29H,1-3,5-8,13H2,(H2,28,30,31)/t17-,23+,24?/m0/s1. The highest BCUT2D eigenvalue weighted by Gasteiger charge is 2.42. The summed E-state index contributed by atoms with van der Waals surface area (Å²) in [6.45, 7) is 0.795. The van der Waals surface area contributed by atoms with Crippen molar-refractivity contribution in [2.45, 2.75) is 57.1 Å². The second kappa shape index (κ2) is 9.50. The number of ether oxygens (including phenoxy) is 1. The van der Waals surface area contributed by atoms with Crippen molar-refractivity contribution in [3.05, 3.63) is 52.0 Å². The Kier molecular flexibility index (Phi) is 6.49. The van der Waals surface area contributed by atoms with Crippen molar-refractivity contribution >= 4 is 46.3 Å². The van der Waals surface area contributed by atoms with E-state index in [0.29, 0.717) is 27.7 Å². The highest BCUT2D eigenvalue weighted by Crippen LogP contribution is 2.48. The van der Waals surface area contributed by atoms with Crippen LogP contribution < -0.4 is 16.0 Å². The van der Waals surface area contributed by atoms with Gasteiger partial charge in [-0.2, -0.15) is 0 Å². The molecule has 1 aliphatic carbocycles. The molecular formula is C25H29Cl2N3O2. The minimum Gasteiger partial charge on any atom is -0.381 e. The second-order valence-corrected chi connectivity index (χ2v) is 9.93. The molecule has 2 heterocycles. The van der Waals surface area contributed by atoms with E-state index < -0.39 is 0 Å². The Labute approximate surface area is 199 Å². The second-order valence-electron chi connectivity index (χ2n) is 9.15. The summed E-state index contributed by atoms with van der Waals surface area (Å²) in [6.07, 6.45) is 9.03. The number of benzene rings is 2. The molecule has 2 amide bonds. The minimum atomic E-state index is -0.362. The summed E-state index contributed by atoms with van der Waals surface area (Å²) in [6, 6.07) is 11.3. The molecule has 2 fully saturated rings. The quantitative estimate of drug-likeness (QED) is 0.432. The molecule has 1 saturated carbocycles. The Hall–Kier alpha value is -1.95. The third-order valence-corrected chi connectivity index (χ3v) is 7.94. The summed E-state index contributed by atoms with van der Waals surface area (Å²) < 4.78 is 6.31. The van der Waals surface area contributed by atoms with Crippen LogP contribution in [0.3, 0.4) is 0 Å². The molecule has 1 saturated heterocycles. The highest BCUT2D eigenvalue weighted by atomic mass is 35.5. The van der Waals surface area contributed by atoms with E-state index in [9.17, 15) is 4.79 Å². The van der Waals surface area contributed by atoms with Crippen molar-refractivity contribution in [3.8, 4) is 0 Å². The van der Waals surface area contributed by atoms with Crippen molar-refractivity contribution in [1.82, 2.24) is 0 Å². The van der Waals surface area contributed by atoms with Gasteiger partial charge in [-0.1, -0.05) is 48.5 Å². The molecule has 0 spiro atoms. The Morgan fingerprint density at radius 1 is 1.00 bits per heavy atom. The van der Waals surface area contributed by atoms with Crippen LogP contribution in [0.2, 0.25) is 10.0 Å². The van der Waals surface area contributed by atoms with Crippen molar-refractivity contribution in [2.75, 3.05) is 22.6 Å². The van der Waals surface area contributed by atoms with Crippen LogP contribution in [0.5, 0.6) is 0 Å². The van der Waals surface area contributed by atoms with Gasteiger partial charge in [0.05, 0.1) is 21.8 Å². The molecule has 5 rings (SSSR count). The van der Waals surface area contributed by atoms with Crippen molar-refractivity contribution in [2.24, 2.45) is 11.8 Å². The Morgan fingerprint density at radius 3 is 2.69 bits per heavy atom. The first-order valence-electron chi connectivity index (χ1n) is 11.6. The third kappa shape index (κ3) is 4.43. The van der Waals surface area contributed by atoms with Crippen LogP contribution in [0.4, 0.5) is 21.9 Å². The summed E-state index contributed by atoms with van der Waals surface area (Å²) in [5.41, 5.74) is 3.47. The van der Waals surface area contributed by atoms with E-state index in [1.54, 1.807) is 18.2 Å². The van der Waals surface area contributed by atoms with Gasteiger partial charge in [0, 0.05) is 35.5 Å². The molecule has 0 aromatic heterocycles. The number of hydrogen-bond acceptors (Lipinski definition) is 3. The predicted molar refractivity (Wildman–Crippen MR) is 131 cm³/mol. The van der Waals surface area contributed by atoms with E-state index in [4.69, 9.17) is 27.9 Å². The number of fused-ring (bicyclic) bond motifs is 3. The maximum atomic E-state index is 12.6. The van der Waals surface area contributed by atoms with E-state index >= 15 is 0 Å². The fourth-order valence-electron chi connectivity index (χ4n) is 5.63. The molecular weight excluding hydrogens is 445 g/mol. The molecule has 170 valence electrons. The molecule has 3 N–H and O–H groups in total. The summed E-state index contributed by atoms with van der Waals surface area (Å²) in [4.78, 5) is 12.6. The van der Waals surface area contributed by atoms with E-state index in [-0.39, 0.29) is 12.1 Å². The minimum absolute atomic E-state index is 0.0825. The molecule has 2 aromatic carbocycles. The van der Waals surface area contributed by atoms with Crippen LogP contribution in [0.15, 0.2) is 36.4 Å². The Balaban J connectivity index is 1.34. The maximum Gasteiger partial charge on any atom is 0.323 e. The number of carbonyl (C=O) groups excluding carboxylic acids is 1. The number of amides is 2. The van der Waals surface area contributed by atoms with Gasteiger partial charge in [-0.25, -0.2) is 4.79 Å². The fourth-order valence-corrected chi connectivity index (χ4v) is 5.98. The van der Waals surface area contributed by atoms with Gasteiger partial charge >= 0.3 is 6.03 Å². The molecule has 32 heavy (non-hydrogen) atoms. The van der Waals surface area contributed by atoms with Crippen LogP contribution in [-0.2, 0) is 4.74 Å². The van der Waals surface area contributed by atoms with Gasteiger partial charge in [-0.3, -0.25) is 0 Å². The molecule has 2 aliphatic heterocycles. The predicted octanol–water partition coefficient (Wildman–Crippen LogP) is 7.48. The lowest BCUT2D eigenvalue weighted by Gasteiger charge is -2.47. The van der Waals surface area contributed by atoms with Crippen LogP contribution in [0.1, 0.15) is 56.6 Å². The first-order valence-corrected chi connectivity index (χ1v) is 12.4. The number of hydrogen-bond donors (Lipinski definition) is 3. The van der Waals surface area contributed by atoms with Crippen molar-refractivity contribution in [3.63, 3.8) is 0 Å². The summed E-state index contributed by atoms with van der Waals surface area (Å²) >= 11 is 12.2. The van der Waals surface area contributed by atoms with Gasteiger partial charge in [0.2, 0.25) is 0 Å². The number of anilines is 3. The fraction of sp³-hybridized carbons (Fsp3) is 0.480. The van der Waals surface area contributed by atoms with E-state index in [1.807, 2.05) is 12.1 Å². The average Bonchev–Trinajstić information content (AvgIpc) is 2.82. The molecule has 2 aromatic rings. The molecule has 1 unspecified atom stereocenters. The van der Waals surface area contributed by atoms with E-state index in [1.165, 1.54) is 38.5 Å². The smallest absolute Gasteiger partial charge is 0.323 e. The zero-order chi connectivity index (χ0) is 22.1. The number of urea groups is 1. The normalized spacial score (nSPS) is 25.2. The van der Waals surface area contributed by atoms with Crippen LogP contribution in [-0.4, -0.2) is 18.7 Å². The largest absolute Gasteiger partial charge is 0.381 e. The average molecular weight is 474 g/mol. The van der Waals surface area contributed by atoms with Crippen LogP contribution in [0.25, 0.3) is 0 Å². The topological polar surface area (TPSA) is 62.4 Å². The number of halogens is 2. The zero-order valence-electron chi connectivity index (χ0n) is 18.0. The number of carbonyl (C=O) groups is 1. The number of rotatable bonds is 3. The summed E-state index contributed by atoms with van der Waals surface area (Å²) in [5.74, 6) is 1.20. The SMILES string of the molecule is O=C(Nc1ccc2c(c1)C1OCCC[C@H]1[C@@H](C1CCCCC1)N2)Nc1cccc(Cl)c1Cl. The third-order valence-electron chi connectivity index (χ3n) is 7.12. The van der Waals surface area contributed by atoms with Gasteiger partial charge in [-0.05, 0) is 61.9 Å². The van der Waals surface area contributed by atoms with Crippen molar-refractivity contribution in [1.29, 1.82) is 0 Å². The summed E-state index contributed by atoms with van der Waals surface area (Å²) in [5, 5.41) is 10.3. The first-order chi connectivity index (χ1) is 15.6. The number of nitrogens with one attached hydrogen (secondary N) is 3. The van der Waals surface area contributed by atoms with Crippen LogP contribution >= 0.6 is 23.2 Å². The van der Waals surface area contributed by atoms with Crippen LogP contribution in [0, 0.1) is 11.8 Å². The van der Waals surface area contributed by atoms with Crippen molar-refractivity contribution < 1.29 is 9.53 Å². The molecule has 3 aliphatic rings. The Bertz CT molecular complexity index is 993. The van der Waals surface area contributed by atoms with E-state index in [0.717, 1.165) is 35.9 Å². The summed E-state index contributed by atoms with van der Waals surface area (Å²) in [7, 11) is 0. The van der Waals surface area contributed by atoms with Gasteiger partial charge in [0.1, 0.15) is 0 Å². The Morgan fingerprint density at radius 2 is 1.84 bits per heavy atom. The molecule has 0 bridgehead atoms. The first kappa shape index (κ1) is 21.9. The maximum absolute atomic E-state index is 12.6. The lowest BCUT2D eigenvalue weighted by molar-refractivity contribution is -0.0457. The monoisotopic (exact) mass is 473 g/mol. The molecule has 5 nitrogen and oxygen atoms in total. The van der Waals surface area contributed by atoms with Gasteiger partial charge < -0.3 is 20.7 Å². The lowest BCUT2D eigenvalue weighted by atomic mass is 9.71. The van der Waals surface area contributed by atoms with Gasteiger partial charge in [0.25, 0.3) is 0 Å².